The van der Waals surface area contributed by atoms with Crippen molar-refractivity contribution in [1.82, 2.24) is 15.0 Å². The van der Waals surface area contributed by atoms with Gasteiger partial charge in [-0.2, -0.15) is 0 Å². The van der Waals surface area contributed by atoms with Crippen molar-refractivity contribution in [2.24, 2.45) is 0 Å². The molecule has 0 aliphatic carbocycles. The summed E-state index contributed by atoms with van der Waals surface area (Å²) < 4.78 is 0. The summed E-state index contributed by atoms with van der Waals surface area (Å²) in [7, 11) is 0. The van der Waals surface area contributed by atoms with E-state index >= 15 is 0 Å². The highest BCUT2D eigenvalue weighted by molar-refractivity contribution is 5.69. The van der Waals surface area contributed by atoms with Gasteiger partial charge >= 0.3 is 0 Å². The Morgan fingerprint density at radius 3 is 3.08 bits per heavy atom. The molecule has 0 aromatic carbocycles. The Morgan fingerprint density at radius 2 is 2.38 bits per heavy atom. The fourth-order valence-corrected chi connectivity index (χ4v) is 1.29. The lowest BCUT2D eigenvalue weighted by Gasteiger charge is -2.01. The van der Waals surface area contributed by atoms with E-state index in [-0.39, 0.29) is 0 Å². The molecule has 0 bridgehead atoms. The van der Waals surface area contributed by atoms with E-state index in [9.17, 15) is 0 Å². The van der Waals surface area contributed by atoms with E-state index in [1.165, 1.54) is 0 Å². The molecule has 1 N–H and O–H groups in total. The van der Waals surface area contributed by atoms with Crippen LogP contribution in [0, 0.1) is 0 Å². The van der Waals surface area contributed by atoms with E-state index < -0.39 is 0 Å². The van der Waals surface area contributed by atoms with Gasteiger partial charge in [-0.3, -0.25) is 0 Å². The maximum atomic E-state index is 4.47. The zero-order valence-corrected chi connectivity index (χ0v) is 7.91. The minimum Gasteiger partial charge on any atom is -0.326 e. The summed E-state index contributed by atoms with van der Waals surface area (Å²) in [5, 5.41) is 0. The summed E-state index contributed by atoms with van der Waals surface area (Å²) in [6.07, 6.45) is 2.88. The molecule has 0 aliphatic heterocycles. The van der Waals surface area contributed by atoms with Crippen molar-refractivity contribution in [2.75, 3.05) is 0 Å². The van der Waals surface area contributed by atoms with Crippen molar-refractivity contribution in [3.05, 3.63) is 24.2 Å². The lowest BCUT2D eigenvalue weighted by Crippen LogP contribution is -1.93. The monoisotopic (exact) mass is 175 g/mol. The summed E-state index contributed by atoms with van der Waals surface area (Å²) in [6.45, 7) is 4.32. The van der Waals surface area contributed by atoms with Gasteiger partial charge in [0.15, 0.2) is 5.65 Å². The number of nitrogens with one attached hydrogen (secondary N) is 1. The molecule has 3 heteroatoms. The van der Waals surface area contributed by atoms with Gasteiger partial charge in [0.05, 0.1) is 0 Å². The van der Waals surface area contributed by atoms with Gasteiger partial charge in [0, 0.05) is 12.1 Å². The molecule has 3 nitrogen and oxygen atoms in total. The molecule has 0 aliphatic rings. The molecule has 68 valence electrons. The number of hydrogen-bond donors (Lipinski definition) is 1. The maximum Gasteiger partial charge on any atom is 0.157 e. The Hall–Kier alpha value is -1.38. The van der Waals surface area contributed by atoms with Crippen LogP contribution in [0.2, 0.25) is 0 Å². The predicted octanol–water partition coefficient (Wildman–Crippen LogP) is 2.47. The van der Waals surface area contributed by atoms with Crippen molar-refractivity contribution in [3.63, 3.8) is 0 Å². The molecule has 0 saturated carbocycles. The average Bonchev–Trinajstić information content (AvgIpc) is 2.59. The SMILES string of the molecule is CCC(C)c1nc2cccnc2[nH]1. The maximum absolute atomic E-state index is 4.47. The largest absolute Gasteiger partial charge is 0.326 e. The molecule has 2 rings (SSSR count). The quantitative estimate of drug-likeness (QED) is 0.761. The Morgan fingerprint density at radius 1 is 1.54 bits per heavy atom. The second kappa shape index (κ2) is 3.17. The van der Waals surface area contributed by atoms with Crippen LogP contribution in [0.25, 0.3) is 11.2 Å². The smallest absolute Gasteiger partial charge is 0.157 e. The highest BCUT2D eigenvalue weighted by Gasteiger charge is 2.08. The lowest BCUT2D eigenvalue weighted by molar-refractivity contribution is 0.691. The van der Waals surface area contributed by atoms with Gasteiger partial charge in [-0.25, -0.2) is 9.97 Å². The van der Waals surface area contributed by atoms with Crippen LogP contribution in [-0.2, 0) is 0 Å². The molecule has 2 aromatic heterocycles. The van der Waals surface area contributed by atoms with Gasteiger partial charge in [0.1, 0.15) is 11.3 Å². The van der Waals surface area contributed by atoms with E-state index in [0.29, 0.717) is 5.92 Å². The molecule has 0 spiro atoms. The fraction of sp³-hybridized carbons (Fsp3) is 0.400. The highest BCUT2D eigenvalue weighted by Crippen LogP contribution is 2.17. The Bertz CT molecular complexity index is 372. The Balaban J connectivity index is 2.49. The van der Waals surface area contributed by atoms with E-state index in [2.05, 4.69) is 28.8 Å². The standard InChI is InChI=1S/C10H13N3/c1-3-7(2)9-12-8-5-4-6-11-10(8)13-9/h4-7H,3H2,1-2H3,(H,11,12,13). The third-order valence-electron chi connectivity index (χ3n) is 2.35. The van der Waals surface area contributed by atoms with Gasteiger partial charge in [-0.15, -0.1) is 0 Å². The van der Waals surface area contributed by atoms with Crippen molar-refractivity contribution in [3.8, 4) is 0 Å². The van der Waals surface area contributed by atoms with Crippen LogP contribution in [0.15, 0.2) is 18.3 Å². The number of hydrogen-bond acceptors (Lipinski definition) is 2. The molecule has 1 unspecified atom stereocenters. The first kappa shape index (κ1) is 8.23. The number of aromatic nitrogens is 3. The topological polar surface area (TPSA) is 41.6 Å². The van der Waals surface area contributed by atoms with Crippen molar-refractivity contribution in [2.45, 2.75) is 26.2 Å². The van der Waals surface area contributed by atoms with Crippen molar-refractivity contribution < 1.29 is 0 Å². The number of H-pyrrole nitrogens is 1. The van der Waals surface area contributed by atoms with Gasteiger partial charge in [-0.05, 0) is 18.6 Å². The zero-order chi connectivity index (χ0) is 9.26. The highest BCUT2D eigenvalue weighted by atomic mass is 15.0. The number of fused-ring (bicyclic) bond motifs is 1. The molecule has 2 heterocycles. The van der Waals surface area contributed by atoms with E-state index in [4.69, 9.17) is 0 Å². The third kappa shape index (κ3) is 1.41. The predicted molar refractivity (Wildman–Crippen MR) is 52.6 cm³/mol. The van der Waals surface area contributed by atoms with Crippen LogP contribution >= 0.6 is 0 Å². The van der Waals surface area contributed by atoms with E-state index in [0.717, 1.165) is 23.4 Å². The minimum atomic E-state index is 0.481. The third-order valence-corrected chi connectivity index (χ3v) is 2.35. The first-order valence-corrected chi connectivity index (χ1v) is 4.62. The summed E-state index contributed by atoms with van der Waals surface area (Å²) >= 11 is 0. The second-order valence-corrected chi connectivity index (χ2v) is 3.30. The van der Waals surface area contributed by atoms with Gasteiger partial charge in [-0.1, -0.05) is 13.8 Å². The lowest BCUT2D eigenvalue weighted by atomic mass is 10.1. The van der Waals surface area contributed by atoms with Gasteiger partial charge < -0.3 is 4.98 Å². The van der Waals surface area contributed by atoms with Crippen LogP contribution < -0.4 is 0 Å². The Kier molecular flexibility index (Phi) is 2.00. The van der Waals surface area contributed by atoms with Crippen LogP contribution in [0.5, 0.6) is 0 Å². The number of imidazole rings is 1. The first-order chi connectivity index (χ1) is 6.31. The summed E-state index contributed by atoms with van der Waals surface area (Å²) in [6, 6.07) is 3.88. The second-order valence-electron chi connectivity index (χ2n) is 3.30. The van der Waals surface area contributed by atoms with Crippen LogP contribution in [0.1, 0.15) is 32.0 Å². The number of nitrogens with zero attached hydrogens (tertiary/aromatic N) is 2. The van der Waals surface area contributed by atoms with Gasteiger partial charge in [0.25, 0.3) is 0 Å². The molecule has 0 amide bonds. The average molecular weight is 175 g/mol. The van der Waals surface area contributed by atoms with E-state index in [1.54, 1.807) is 6.20 Å². The minimum absolute atomic E-state index is 0.481. The fourth-order valence-electron chi connectivity index (χ4n) is 1.29. The summed E-state index contributed by atoms with van der Waals surface area (Å²) in [4.78, 5) is 11.9. The molecule has 0 saturated heterocycles. The summed E-state index contributed by atoms with van der Waals surface area (Å²) in [5.74, 6) is 1.52. The molecule has 13 heavy (non-hydrogen) atoms. The van der Waals surface area contributed by atoms with Crippen molar-refractivity contribution >= 4 is 11.2 Å². The molecule has 0 fully saturated rings. The number of rotatable bonds is 2. The van der Waals surface area contributed by atoms with Crippen LogP contribution in [0.3, 0.4) is 0 Å². The summed E-state index contributed by atoms with van der Waals surface area (Å²) in [5.41, 5.74) is 1.84. The number of aromatic amines is 1. The van der Waals surface area contributed by atoms with Crippen LogP contribution in [0.4, 0.5) is 0 Å². The molecule has 0 radical (unpaired) electrons. The zero-order valence-electron chi connectivity index (χ0n) is 7.91. The molecule has 2 aromatic rings. The molecular formula is C10H13N3. The first-order valence-electron chi connectivity index (χ1n) is 4.62. The van der Waals surface area contributed by atoms with Crippen LogP contribution in [-0.4, -0.2) is 15.0 Å². The number of pyridine rings is 1. The molecular weight excluding hydrogens is 162 g/mol. The normalized spacial score (nSPS) is 13.4. The van der Waals surface area contributed by atoms with Crippen molar-refractivity contribution in [1.29, 1.82) is 0 Å². The van der Waals surface area contributed by atoms with E-state index in [1.807, 2.05) is 12.1 Å². The Labute approximate surface area is 77.2 Å². The molecule has 1 atom stereocenters. The van der Waals surface area contributed by atoms with Gasteiger partial charge in [0.2, 0.25) is 0 Å².